The quantitative estimate of drug-likeness (QED) is 0.846. The Morgan fingerprint density at radius 3 is 2.81 bits per heavy atom. The molecule has 0 unspecified atom stereocenters. The van der Waals surface area contributed by atoms with Gasteiger partial charge in [0.2, 0.25) is 11.8 Å². The van der Waals surface area contributed by atoms with Crippen LogP contribution in [0.15, 0.2) is 18.2 Å². The lowest BCUT2D eigenvalue weighted by atomic mass is 10.2. The topological polar surface area (TPSA) is 93.5 Å². The predicted molar refractivity (Wildman–Crippen MR) is 77.4 cm³/mol. The standard InChI is InChI=1S/C14H17N3O4/c1-3-21-14-10-8-9(4-5-11(10)17(2)16-14)15-12(18)6-7-13(19)20/h4-5,8H,3,6-7H2,1-2H3,(H,15,18)(H,19,20). The number of anilines is 1. The van der Waals surface area contributed by atoms with E-state index < -0.39 is 5.97 Å². The first-order valence-corrected chi connectivity index (χ1v) is 6.62. The van der Waals surface area contributed by atoms with Gasteiger partial charge in [0.15, 0.2) is 0 Å². The number of aromatic nitrogens is 2. The number of nitrogens with zero attached hydrogens (tertiary/aromatic N) is 2. The van der Waals surface area contributed by atoms with Gasteiger partial charge in [-0.15, -0.1) is 5.10 Å². The first-order chi connectivity index (χ1) is 10.0. The van der Waals surface area contributed by atoms with Crippen LogP contribution in [0.5, 0.6) is 5.88 Å². The fraction of sp³-hybridized carbons (Fsp3) is 0.357. The van der Waals surface area contributed by atoms with Crippen LogP contribution in [-0.2, 0) is 16.6 Å². The van der Waals surface area contributed by atoms with Crippen LogP contribution < -0.4 is 10.1 Å². The highest BCUT2D eigenvalue weighted by Gasteiger charge is 2.11. The molecule has 2 N–H and O–H groups in total. The molecule has 0 atom stereocenters. The zero-order valence-corrected chi connectivity index (χ0v) is 11.9. The minimum atomic E-state index is -0.994. The molecule has 0 aliphatic rings. The van der Waals surface area contributed by atoms with E-state index in [0.717, 1.165) is 10.9 Å². The number of fused-ring (bicyclic) bond motifs is 1. The number of benzene rings is 1. The Bertz CT molecular complexity index is 678. The molecule has 112 valence electrons. The molecule has 7 heteroatoms. The summed E-state index contributed by atoms with van der Waals surface area (Å²) >= 11 is 0. The number of rotatable bonds is 6. The minimum absolute atomic E-state index is 0.0568. The second-order valence-corrected chi connectivity index (χ2v) is 4.54. The molecule has 7 nitrogen and oxygen atoms in total. The number of carboxylic acids is 1. The number of aliphatic carboxylic acids is 1. The van der Waals surface area contributed by atoms with Crippen molar-refractivity contribution in [3.05, 3.63) is 18.2 Å². The zero-order valence-electron chi connectivity index (χ0n) is 11.9. The summed E-state index contributed by atoms with van der Waals surface area (Å²) in [5, 5.41) is 16.3. The number of carbonyl (C=O) groups excluding carboxylic acids is 1. The van der Waals surface area contributed by atoms with Crippen LogP contribution in [0, 0.1) is 0 Å². The molecular weight excluding hydrogens is 274 g/mol. The summed E-state index contributed by atoms with van der Waals surface area (Å²) in [5.74, 6) is -0.818. The van der Waals surface area contributed by atoms with Crippen molar-refractivity contribution in [3.8, 4) is 5.88 Å². The molecule has 0 aliphatic heterocycles. The van der Waals surface area contributed by atoms with E-state index in [9.17, 15) is 9.59 Å². The van der Waals surface area contributed by atoms with Gasteiger partial charge in [-0.3, -0.25) is 14.3 Å². The number of aryl methyl sites for hydroxylation is 1. The van der Waals surface area contributed by atoms with Gasteiger partial charge in [0.25, 0.3) is 0 Å². The number of hydrogen-bond donors (Lipinski definition) is 2. The molecule has 1 heterocycles. The lowest BCUT2D eigenvalue weighted by Gasteiger charge is -2.05. The highest BCUT2D eigenvalue weighted by Crippen LogP contribution is 2.27. The molecule has 0 spiro atoms. The van der Waals surface area contributed by atoms with E-state index >= 15 is 0 Å². The molecule has 1 aromatic carbocycles. The van der Waals surface area contributed by atoms with Crippen molar-refractivity contribution in [1.82, 2.24) is 9.78 Å². The molecule has 0 bridgehead atoms. The van der Waals surface area contributed by atoms with Crippen LogP contribution >= 0.6 is 0 Å². The molecule has 0 saturated carbocycles. The Hall–Kier alpha value is -2.57. The van der Waals surface area contributed by atoms with E-state index in [4.69, 9.17) is 9.84 Å². The largest absolute Gasteiger partial charge is 0.481 e. The maximum atomic E-state index is 11.6. The summed E-state index contributed by atoms with van der Waals surface area (Å²) < 4.78 is 7.16. The van der Waals surface area contributed by atoms with E-state index in [1.165, 1.54) is 0 Å². The van der Waals surface area contributed by atoms with Gasteiger partial charge in [0.05, 0.1) is 23.9 Å². The molecule has 2 rings (SSSR count). The van der Waals surface area contributed by atoms with Gasteiger partial charge in [-0.25, -0.2) is 0 Å². The lowest BCUT2D eigenvalue weighted by Crippen LogP contribution is -2.13. The molecule has 1 amide bonds. The number of hydrogen-bond acceptors (Lipinski definition) is 4. The summed E-state index contributed by atoms with van der Waals surface area (Å²) in [6, 6.07) is 5.35. The van der Waals surface area contributed by atoms with Crippen LogP contribution in [0.25, 0.3) is 10.9 Å². The van der Waals surface area contributed by atoms with Crippen LogP contribution in [0.1, 0.15) is 19.8 Å². The third kappa shape index (κ3) is 3.50. The normalized spacial score (nSPS) is 10.6. The van der Waals surface area contributed by atoms with Gasteiger partial charge in [-0.05, 0) is 25.1 Å². The van der Waals surface area contributed by atoms with Crippen LogP contribution in [0.4, 0.5) is 5.69 Å². The molecule has 0 fully saturated rings. The monoisotopic (exact) mass is 291 g/mol. The van der Waals surface area contributed by atoms with Gasteiger partial charge >= 0.3 is 5.97 Å². The number of carboxylic acid groups (broad SMARTS) is 1. The van der Waals surface area contributed by atoms with Gasteiger partial charge in [0, 0.05) is 19.2 Å². The van der Waals surface area contributed by atoms with Crippen molar-refractivity contribution < 1.29 is 19.4 Å². The summed E-state index contributed by atoms with van der Waals surface area (Å²) in [7, 11) is 1.82. The van der Waals surface area contributed by atoms with Crippen molar-refractivity contribution in [1.29, 1.82) is 0 Å². The summed E-state index contributed by atoms with van der Waals surface area (Å²) in [4.78, 5) is 22.1. The second kappa shape index (κ2) is 6.25. The van der Waals surface area contributed by atoms with Crippen molar-refractivity contribution in [2.45, 2.75) is 19.8 Å². The van der Waals surface area contributed by atoms with E-state index in [1.54, 1.807) is 16.8 Å². The van der Waals surface area contributed by atoms with E-state index in [-0.39, 0.29) is 18.7 Å². The third-order valence-electron chi connectivity index (χ3n) is 2.95. The van der Waals surface area contributed by atoms with Crippen molar-refractivity contribution >= 4 is 28.5 Å². The SMILES string of the molecule is CCOc1nn(C)c2ccc(NC(=O)CCC(=O)O)cc12. The van der Waals surface area contributed by atoms with Gasteiger partial charge in [-0.1, -0.05) is 0 Å². The number of carbonyl (C=O) groups is 2. The third-order valence-corrected chi connectivity index (χ3v) is 2.95. The second-order valence-electron chi connectivity index (χ2n) is 4.54. The molecule has 1 aromatic heterocycles. The Kier molecular flexibility index (Phi) is 4.42. The average Bonchev–Trinajstić information content (AvgIpc) is 2.73. The van der Waals surface area contributed by atoms with Gasteiger partial charge in [-0.2, -0.15) is 0 Å². The summed E-state index contributed by atoms with van der Waals surface area (Å²) in [6.07, 6.45) is -0.246. The lowest BCUT2D eigenvalue weighted by molar-refractivity contribution is -0.138. The van der Waals surface area contributed by atoms with Crippen molar-refractivity contribution in [2.24, 2.45) is 7.05 Å². The van der Waals surface area contributed by atoms with E-state index in [0.29, 0.717) is 18.2 Å². The molecule has 0 aliphatic carbocycles. The fourth-order valence-corrected chi connectivity index (χ4v) is 2.00. The maximum Gasteiger partial charge on any atom is 0.303 e. The van der Waals surface area contributed by atoms with Gasteiger partial charge < -0.3 is 15.2 Å². The Balaban J connectivity index is 2.19. The summed E-state index contributed by atoms with van der Waals surface area (Å²) in [6.45, 7) is 2.37. The minimum Gasteiger partial charge on any atom is -0.481 e. The smallest absolute Gasteiger partial charge is 0.303 e. The van der Waals surface area contributed by atoms with Crippen LogP contribution in [0.3, 0.4) is 0 Å². The first-order valence-electron chi connectivity index (χ1n) is 6.62. The molecular formula is C14H17N3O4. The van der Waals surface area contributed by atoms with E-state index in [2.05, 4.69) is 10.4 Å². The number of nitrogens with one attached hydrogen (secondary N) is 1. The molecule has 0 radical (unpaired) electrons. The Morgan fingerprint density at radius 2 is 2.14 bits per heavy atom. The molecule has 21 heavy (non-hydrogen) atoms. The molecule has 2 aromatic rings. The fourth-order valence-electron chi connectivity index (χ4n) is 2.00. The highest BCUT2D eigenvalue weighted by molar-refractivity contribution is 5.96. The van der Waals surface area contributed by atoms with Gasteiger partial charge in [0.1, 0.15) is 0 Å². The number of amides is 1. The van der Waals surface area contributed by atoms with E-state index in [1.807, 2.05) is 20.0 Å². The van der Waals surface area contributed by atoms with Crippen LogP contribution in [-0.4, -0.2) is 33.4 Å². The average molecular weight is 291 g/mol. The van der Waals surface area contributed by atoms with Crippen LogP contribution in [0.2, 0.25) is 0 Å². The van der Waals surface area contributed by atoms with Crippen molar-refractivity contribution in [2.75, 3.05) is 11.9 Å². The zero-order chi connectivity index (χ0) is 15.4. The maximum absolute atomic E-state index is 11.6. The Labute approximate surface area is 121 Å². The van der Waals surface area contributed by atoms with Crippen molar-refractivity contribution in [3.63, 3.8) is 0 Å². The predicted octanol–water partition coefficient (Wildman–Crippen LogP) is 1.78. The highest BCUT2D eigenvalue weighted by atomic mass is 16.5. The first kappa shape index (κ1) is 14.8. The number of ether oxygens (including phenoxy) is 1. The molecule has 0 saturated heterocycles. The Morgan fingerprint density at radius 1 is 1.38 bits per heavy atom. The summed E-state index contributed by atoms with van der Waals surface area (Å²) in [5.41, 5.74) is 1.48.